The minimum Gasteiger partial charge on any atom is -0.348 e. The van der Waals surface area contributed by atoms with Crippen LogP contribution in [0.3, 0.4) is 0 Å². The van der Waals surface area contributed by atoms with E-state index in [4.69, 9.17) is 0 Å². The molecule has 1 aliphatic rings. The second kappa shape index (κ2) is 7.68. The van der Waals surface area contributed by atoms with Gasteiger partial charge in [0, 0.05) is 47.7 Å². The van der Waals surface area contributed by atoms with Gasteiger partial charge in [-0.15, -0.1) is 0 Å². The first kappa shape index (κ1) is 18.0. The van der Waals surface area contributed by atoms with E-state index in [-0.39, 0.29) is 17.9 Å². The van der Waals surface area contributed by atoms with Crippen molar-refractivity contribution in [3.8, 4) is 0 Å². The molecule has 0 fully saturated rings. The lowest BCUT2D eigenvalue weighted by atomic mass is 10.1. The molecule has 4 rings (SSSR count). The molecule has 6 heteroatoms. The summed E-state index contributed by atoms with van der Waals surface area (Å²) in [6.45, 7) is 1.88. The molecule has 1 atom stereocenters. The van der Waals surface area contributed by atoms with E-state index in [2.05, 4.69) is 15.3 Å². The molecule has 2 amide bonds. The van der Waals surface area contributed by atoms with E-state index in [0.29, 0.717) is 18.4 Å². The standard InChI is InChI=1S/C22H22N4O2/c1-2-21(27)26-19(12-18-13-23-14-24-18)11-16-10-17(8-9-20(16)26)25-22(28)15-6-4-3-5-7-15/h3-10,13-14,19H,2,11-12H2,1H3,(H,23,24)(H,25,28). The fourth-order valence-electron chi connectivity index (χ4n) is 3.72. The van der Waals surface area contributed by atoms with Crippen LogP contribution in [0.25, 0.3) is 0 Å². The lowest BCUT2D eigenvalue weighted by Gasteiger charge is -2.25. The second-order valence-electron chi connectivity index (χ2n) is 6.92. The lowest BCUT2D eigenvalue weighted by molar-refractivity contribution is -0.118. The molecule has 1 aliphatic heterocycles. The number of hydrogen-bond donors (Lipinski definition) is 2. The van der Waals surface area contributed by atoms with Crippen LogP contribution in [0.1, 0.15) is 35.0 Å². The smallest absolute Gasteiger partial charge is 0.255 e. The number of rotatable bonds is 5. The number of anilines is 2. The Morgan fingerprint density at radius 3 is 2.75 bits per heavy atom. The Hall–Kier alpha value is -3.41. The summed E-state index contributed by atoms with van der Waals surface area (Å²) >= 11 is 0. The number of nitrogens with zero attached hydrogens (tertiary/aromatic N) is 2. The van der Waals surface area contributed by atoms with Gasteiger partial charge in [0.15, 0.2) is 0 Å². The van der Waals surface area contributed by atoms with Crippen molar-refractivity contribution in [2.24, 2.45) is 0 Å². The third-order valence-electron chi connectivity index (χ3n) is 5.04. The monoisotopic (exact) mass is 374 g/mol. The predicted octanol–water partition coefficient (Wildman–Crippen LogP) is 3.57. The molecule has 3 aromatic rings. The summed E-state index contributed by atoms with van der Waals surface area (Å²) in [4.78, 5) is 34.1. The van der Waals surface area contributed by atoms with E-state index >= 15 is 0 Å². The molecule has 142 valence electrons. The highest BCUT2D eigenvalue weighted by Crippen LogP contribution is 2.36. The van der Waals surface area contributed by atoms with Gasteiger partial charge in [-0.25, -0.2) is 4.98 Å². The molecule has 1 unspecified atom stereocenters. The zero-order chi connectivity index (χ0) is 19.5. The molecule has 2 aromatic carbocycles. The van der Waals surface area contributed by atoms with Crippen LogP contribution in [0.5, 0.6) is 0 Å². The van der Waals surface area contributed by atoms with E-state index in [9.17, 15) is 9.59 Å². The fraction of sp³-hybridized carbons (Fsp3) is 0.227. The van der Waals surface area contributed by atoms with Crippen molar-refractivity contribution in [3.05, 3.63) is 77.9 Å². The SMILES string of the molecule is CCC(=O)N1c2ccc(NC(=O)c3ccccc3)cc2CC1Cc1cnc[nH]1. The Morgan fingerprint density at radius 1 is 1.21 bits per heavy atom. The van der Waals surface area contributed by atoms with Gasteiger partial charge >= 0.3 is 0 Å². The molecular formula is C22H22N4O2. The van der Waals surface area contributed by atoms with E-state index in [1.54, 1.807) is 24.7 Å². The Labute approximate surface area is 163 Å². The number of fused-ring (bicyclic) bond motifs is 1. The highest BCUT2D eigenvalue weighted by molar-refractivity contribution is 6.04. The summed E-state index contributed by atoms with van der Waals surface area (Å²) in [5.41, 5.74) is 4.34. The minimum absolute atomic E-state index is 0.0444. The molecule has 0 radical (unpaired) electrons. The molecule has 28 heavy (non-hydrogen) atoms. The highest BCUT2D eigenvalue weighted by atomic mass is 16.2. The van der Waals surface area contributed by atoms with Gasteiger partial charge in [-0.1, -0.05) is 25.1 Å². The van der Waals surface area contributed by atoms with E-state index in [1.807, 2.05) is 48.2 Å². The average molecular weight is 374 g/mol. The molecule has 2 heterocycles. The third-order valence-corrected chi connectivity index (χ3v) is 5.04. The molecule has 0 spiro atoms. The van der Waals surface area contributed by atoms with E-state index in [0.717, 1.165) is 29.1 Å². The maximum absolute atomic E-state index is 12.6. The number of carbonyl (C=O) groups excluding carboxylic acids is 2. The normalized spacial score (nSPS) is 15.3. The van der Waals surface area contributed by atoms with Crippen molar-refractivity contribution in [1.29, 1.82) is 0 Å². The second-order valence-corrected chi connectivity index (χ2v) is 6.92. The number of amides is 2. The molecule has 2 N–H and O–H groups in total. The molecule has 0 saturated heterocycles. The molecule has 6 nitrogen and oxygen atoms in total. The number of aromatic nitrogens is 2. The zero-order valence-corrected chi connectivity index (χ0v) is 15.7. The van der Waals surface area contributed by atoms with Gasteiger partial charge < -0.3 is 15.2 Å². The van der Waals surface area contributed by atoms with Crippen molar-refractivity contribution in [1.82, 2.24) is 9.97 Å². The first-order valence-electron chi connectivity index (χ1n) is 9.44. The van der Waals surface area contributed by atoms with Crippen LogP contribution in [-0.4, -0.2) is 27.8 Å². The number of H-pyrrole nitrogens is 1. The quantitative estimate of drug-likeness (QED) is 0.717. The van der Waals surface area contributed by atoms with Crippen LogP contribution in [0.2, 0.25) is 0 Å². The van der Waals surface area contributed by atoms with Crippen LogP contribution in [0.4, 0.5) is 11.4 Å². The summed E-state index contributed by atoms with van der Waals surface area (Å²) in [7, 11) is 0. The van der Waals surface area contributed by atoms with Gasteiger partial charge in [0.05, 0.1) is 6.33 Å². The van der Waals surface area contributed by atoms with Crippen LogP contribution >= 0.6 is 0 Å². The van der Waals surface area contributed by atoms with Crippen molar-refractivity contribution < 1.29 is 9.59 Å². The van der Waals surface area contributed by atoms with Crippen molar-refractivity contribution in [2.75, 3.05) is 10.2 Å². The summed E-state index contributed by atoms with van der Waals surface area (Å²) in [5.74, 6) is -0.0432. The van der Waals surface area contributed by atoms with Crippen LogP contribution in [-0.2, 0) is 17.6 Å². The Balaban J connectivity index is 1.57. The lowest BCUT2D eigenvalue weighted by Crippen LogP contribution is -2.38. The van der Waals surface area contributed by atoms with Gasteiger partial charge in [-0.2, -0.15) is 0 Å². The van der Waals surface area contributed by atoms with Gasteiger partial charge in [0.1, 0.15) is 0 Å². The summed E-state index contributed by atoms with van der Waals surface area (Å²) in [6.07, 6.45) is 5.36. The fourth-order valence-corrected chi connectivity index (χ4v) is 3.72. The molecule has 0 aliphatic carbocycles. The molecule has 0 saturated carbocycles. The summed E-state index contributed by atoms with van der Waals surface area (Å²) < 4.78 is 0. The van der Waals surface area contributed by atoms with Crippen LogP contribution in [0.15, 0.2) is 61.1 Å². The Bertz CT molecular complexity index is 983. The number of nitrogens with one attached hydrogen (secondary N) is 2. The third kappa shape index (κ3) is 3.53. The van der Waals surface area contributed by atoms with E-state index < -0.39 is 0 Å². The van der Waals surface area contributed by atoms with Crippen molar-refractivity contribution in [3.63, 3.8) is 0 Å². The average Bonchev–Trinajstić information content (AvgIpc) is 3.35. The maximum Gasteiger partial charge on any atom is 0.255 e. The van der Waals surface area contributed by atoms with Crippen molar-refractivity contribution >= 4 is 23.2 Å². The first-order valence-corrected chi connectivity index (χ1v) is 9.44. The number of benzene rings is 2. The first-order chi connectivity index (χ1) is 13.7. The van der Waals surface area contributed by atoms with Gasteiger partial charge in [0.25, 0.3) is 5.91 Å². The van der Waals surface area contributed by atoms with Crippen LogP contribution < -0.4 is 10.2 Å². The summed E-state index contributed by atoms with van der Waals surface area (Å²) in [6, 6.07) is 14.9. The summed E-state index contributed by atoms with van der Waals surface area (Å²) in [5, 5.41) is 2.95. The largest absolute Gasteiger partial charge is 0.348 e. The zero-order valence-electron chi connectivity index (χ0n) is 15.7. The van der Waals surface area contributed by atoms with Gasteiger partial charge in [0.2, 0.25) is 5.91 Å². The number of carbonyl (C=O) groups is 2. The molecule has 0 bridgehead atoms. The number of aromatic amines is 1. The maximum atomic E-state index is 12.6. The number of imidazole rings is 1. The van der Waals surface area contributed by atoms with Gasteiger partial charge in [-0.05, 0) is 42.3 Å². The predicted molar refractivity (Wildman–Crippen MR) is 108 cm³/mol. The van der Waals surface area contributed by atoms with Crippen molar-refractivity contribution in [2.45, 2.75) is 32.2 Å². The van der Waals surface area contributed by atoms with E-state index in [1.165, 1.54) is 0 Å². The Morgan fingerprint density at radius 2 is 2.04 bits per heavy atom. The topological polar surface area (TPSA) is 78.1 Å². The Kier molecular flexibility index (Phi) is 4.93. The molecule has 1 aromatic heterocycles. The van der Waals surface area contributed by atoms with Crippen LogP contribution in [0, 0.1) is 0 Å². The highest BCUT2D eigenvalue weighted by Gasteiger charge is 2.33. The van der Waals surface area contributed by atoms with Gasteiger partial charge in [-0.3, -0.25) is 9.59 Å². The number of hydrogen-bond acceptors (Lipinski definition) is 3. The minimum atomic E-state index is -0.144. The molecular weight excluding hydrogens is 352 g/mol.